The van der Waals surface area contributed by atoms with Gasteiger partial charge < -0.3 is 5.32 Å². The molecule has 2 N–H and O–H groups in total. The molecule has 1 aromatic heterocycles. The van der Waals surface area contributed by atoms with E-state index in [1.165, 1.54) is 6.07 Å². The van der Waals surface area contributed by atoms with Gasteiger partial charge in [0, 0.05) is 16.6 Å². The van der Waals surface area contributed by atoms with Crippen molar-refractivity contribution in [3.05, 3.63) is 94.0 Å². The summed E-state index contributed by atoms with van der Waals surface area (Å²) in [7, 11) is 0. The van der Waals surface area contributed by atoms with Gasteiger partial charge in [-0.25, -0.2) is 0 Å². The van der Waals surface area contributed by atoms with Crippen LogP contribution in [0.15, 0.2) is 72.8 Å². The Balaban J connectivity index is 1.40. The third-order valence-electron chi connectivity index (χ3n) is 5.37. The van der Waals surface area contributed by atoms with Crippen LogP contribution in [0, 0.1) is 6.92 Å². The number of halogens is 2. The van der Waals surface area contributed by atoms with E-state index in [1.54, 1.807) is 16.9 Å². The maximum Gasteiger partial charge on any atom is 0.257 e. The molecule has 0 fully saturated rings. The monoisotopic (exact) mass is 505 g/mol. The molecule has 5 rings (SSSR count). The SMILES string of the molecule is Cc1cc2nn(-c3cccc4ccccc34)nc2cc1NC(=S)NC(=O)c1ccc(Cl)c(Cl)c1. The Morgan fingerprint density at radius 2 is 1.65 bits per heavy atom. The number of amides is 1. The number of fused-ring (bicyclic) bond motifs is 2. The highest BCUT2D eigenvalue weighted by Crippen LogP contribution is 2.26. The Hall–Kier alpha value is -3.52. The van der Waals surface area contributed by atoms with Crippen molar-refractivity contribution in [1.82, 2.24) is 20.3 Å². The number of aromatic nitrogens is 3. The predicted molar refractivity (Wildman–Crippen MR) is 141 cm³/mol. The van der Waals surface area contributed by atoms with Gasteiger partial charge >= 0.3 is 0 Å². The number of nitrogens with zero attached hydrogens (tertiary/aromatic N) is 3. The average molecular weight is 506 g/mol. The van der Waals surface area contributed by atoms with Crippen LogP contribution in [0.1, 0.15) is 15.9 Å². The molecule has 0 saturated heterocycles. The van der Waals surface area contributed by atoms with E-state index in [9.17, 15) is 4.79 Å². The Kier molecular flexibility index (Phi) is 5.91. The van der Waals surface area contributed by atoms with Crippen LogP contribution in [0.5, 0.6) is 0 Å². The molecule has 9 heteroatoms. The normalized spacial score (nSPS) is 11.0. The van der Waals surface area contributed by atoms with Crippen LogP contribution >= 0.6 is 35.4 Å². The summed E-state index contributed by atoms with van der Waals surface area (Å²) in [5, 5.41) is 18.1. The topological polar surface area (TPSA) is 71.8 Å². The highest BCUT2D eigenvalue weighted by Gasteiger charge is 2.13. The van der Waals surface area contributed by atoms with Crippen LogP contribution in [0.2, 0.25) is 10.0 Å². The number of carbonyl (C=O) groups excluding carboxylic acids is 1. The molecule has 6 nitrogen and oxygen atoms in total. The maximum absolute atomic E-state index is 12.5. The molecular weight excluding hydrogens is 489 g/mol. The maximum atomic E-state index is 12.5. The Bertz CT molecular complexity index is 1590. The fraction of sp³-hybridized carbons (Fsp3) is 0.0400. The van der Waals surface area contributed by atoms with Crippen molar-refractivity contribution >= 4 is 73.9 Å². The number of nitrogens with one attached hydrogen (secondary N) is 2. The van der Waals surface area contributed by atoms with Crippen LogP contribution in [-0.4, -0.2) is 26.0 Å². The molecule has 1 amide bonds. The molecule has 0 saturated carbocycles. The lowest BCUT2D eigenvalue weighted by Crippen LogP contribution is -2.34. The predicted octanol–water partition coefficient (Wildman–Crippen LogP) is 6.32. The number of hydrogen-bond acceptors (Lipinski definition) is 4. The van der Waals surface area contributed by atoms with Gasteiger partial charge in [-0.2, -0.15) is 0 Å². The van der Waals surface area contributed by atoms with Gasteiger partial charge in [0.05, 0.1) is 15.7 Å². The number of carbonyl (C=O) groups is 1. The molecule has 34 heavy (non-hydrogen) atoms. The van der Waals surface area contributed by atoms with E-state index in [4.69, 9.17) is 35.4 Å². The van der Waals surface area contributed by atoms with Gasteiger partial charge in [-0.05, 0) is 66.5 Å². The second-order valence-electron chi connectivity index (χ2n) is 7.68. The minimum Gasteiger partial charge on any atom is -0.332 e. The van der Waals surface area contributed by atoms with E-state index >= 15 is 0 Å². The molecule has 4 aromatic carbocycles. The first-order valence-electron chi connectivity index (χ1n) is 10.3. The standard InChI is InChI=1S/C25H17Cl2N5OS/c1-14-11-21-22(31-32(30-21)23-8-4-6-15-5-2-3-7-17(15)23)13-20(14)28-25(34)29-24(33)16-9-10-18(26)19(27)12-16/h2-13H,1H3,(H2,28,29,33,34). The highest BCUT2D eigenvalue weighted by molar-refractivity contribution is 7.80. The zero-order valence-corrected chi connectivity index (χ0v) is 20.2. The van der Waals surface area contributed by atoms with E-state index in [-0.39, 0.29) is 5.11 Å². The van der Waals surface area contributed by atoms with E-state index in [0.29, 0.717) is 21.1 Å². The van der Waals surface area contributed by atoms with Crippen molar-refractivity contribution in [2.45, 2.75) is 6.92 Å². The van der Waals surface area contributed by atoms with Gasteiger partial charge in [0.1, 0.15) is 11.0 Å². The summed E-state index contributed by atoms with van der Waals surface area (Å²) in [6.45, 7) is 1.93. The number of thiocarbonyl (C=S) groups is 1. The minimum atomic E-state index is -0.392. The van der Waals surface area contributed by atoms with E-state index < -0.39 is 5.91 Å². The van der Waals surface area contributed by atoms with Gasteiger partial charge in [0.2, 0.25) is 0 Å². The zero-order chi connectivity index (χ0) is 23.8. The smallest absolute Gasteiger partial charge is 0.257 e. The van der Waals surface area contributed by atoms with Gasteiger partial charge in [-0.3, -0.25) is 10.1 Å². The summed E-state index contributed by atoms with van der Waals surface area (Å²) in [6, 6.07) is 22.5. The molecule has 0 spiro atoms. The van der Waals surface area contributed by atoms with Crippen LogP contribution < -0.4 is 10.6 Å². The highest BCUT2D eigenvalue weighted by atomic mass is 35.5. The molecule has 0 aliphatic carbocycles. The second-order valence-corrected chi connectivity index (χ2v) is 8.90. The van der Waals surface area contributed by atoms with E-state index in [2.05, 4.69) is 33.0 Å². The quantitative estimate of drug-likeness (QED) is 0.281. The van der Waals surface area contributed by atoms with Gasteiger partial charge in [0.25, 0.3) is 5.91 Å². The Morgan fingerprint density at radius 1 is 0.912 bits per heavy atom. The lowest BCUT2D eigenvalue weighted by Gasteiger charge is -2.12. The fourth-order valence-electron chi connectivity index (χ4n) is 3.66. The third kappa shape index (κ3) is 4.33. The summed E-state index contributed by atoms with van der Waals surface area (Å²) in [4.78, 5) is 14.1. The minimum absolute atomic E-state index is 0.153. The molecule has 0 radical (unpaired) electrons. The van der Waals surface area contributed by atoms with Crippen molar-refractivity contribution in [2.75, 3.05) is 5.32 Å². The van der Waals surface area contributed by atoms with E-state index in [1.807, 2.05) is 49.4 Å². The van der Waals surface area contributed by atoms with Gasteiger partial charge in [-0.1, -0.05) is 59.6 Å². The summed E-state index contributed by atoms with van der Waals surface area (Å²) >= 11 is 17.3. The van der Waals surface area contributed by atoms with Crippen molar-refractivity contribution in [3.63, 3.8) is 0 Å². The first-order chi connectivity index (χ1) is 16.4. The molecule has 168 valence electrons. The average Bonchev–Trinajstić information content (AvgIpc) is 3.23. The van der Waals surface area contributed by atoms with Crippen LogP contribution in [0.4, 0.5) is 5.69 Å². The van der Waals surface area contributed by atoms with Crippen molar-refractivity contribution in [1.29, 1.82) is 0 Å². The van der Waals surface area contributed by atoms with Gasteiger partial charge in [0.15, 0.2) is 5.11 Å². The molecule has 0 atom stereocenters. The lowest BCUT2D eigenvalue weighted by molar-refractivity contribution is 0.0977. The Labute approximate surface area is 210 Å². The zero-order valence-electron chi connectivity index (χ0n) is 17.8. The molecule has 1 heterocycles. The first kappa shape index (κ1) is 22.3. The number of benzene rings is 4. The Morgan fingerprint density at radius 3 is 2.44 bits per heavy atom. The molecule has 5 aromatic rings. The molecule has 0 aliphatic heterocycles. The molecular formula is C25H17Cl2N5OS. The summed E-state index contributed by atoms with van der Waals surface area (Å²) in [5.74, 6) is -0.392. The molecule has 0 unspecified atom stereocenters. The molecule has 0 aliphatic rings. The van der Waals surface area contributed by atoms with E-state index in [0.717, 1.165) is 33.2 Å². The third-order valence-corrected chi connectivity index (χ3v) is 6.31. The summed E-state index contributed by atoms with van der Waals surface area (Å²) in [5.41, 5.74) is 4.32. The number of aryl methyl sites for hydroxylation is 1. The largest absolute Gasteiger partial charge is 0.332 e. The fourth-order valence-corrected chi connectivity index (χ4v) is 4.16. The summed E-state index contributed by atoms with van der Waals surface area (Å²) < 4.78 is 0. The number of hydrogen-bond donors (Lipinski definition) is 2. The van der Waals surface area contributed by atoms with Crippen LogP contribution in [0.3, 0.4) is 0 Å². The number of anilines is 1. The second kappa shape index (κ2) is 9.02. The van der Waals surface area contributed by atoms with Crippen molar-refractivity contribution < 1.29 is 4.79 Å². The van der Waals surface area contributed by atoms with Crippen LogP contribution in [0.25, 0.3) is 27.5 Å². The molecule has 0 bridgehead atoms. The van der Waals surface area contributed by atoms with Gasteiger partial charge in [-0.15, -0.1) is 15.0 Å². The summed E-state index contributed by atoms with van der Waals surface area (Å²) in [6.07, 6.45) is 0. The van der Waals surface area contributed by atoms with Crippen LogP contribution in [-0.2, 0) is 0 Å². The lowest BCUT2D eigenvalue weighted by atomic mass is 10.1. The number of rotatable bonds is 3. The first-order valence-corrected chi connectivity index (χ1v) is 11.5. The van der Waals surface area contributed by atoms with Crippen molar-refractivity contribution in [2.24, 2.45) is 0 Å². The van der Waals surface area contributed by atoms with Crippen molar-refractivity contribution in [3.8, 4) is 5.69 Å².